The van der Waals surface area contributed by atoms with Crippen molar-refractivity contribution in [1.82, 2.24) is 14.8 Å². The minimum Gasteiger partial charge on any atom is -0.486 e. The third kappa shape index (κ3) is 4.77. The molecule has 0 N–H and O–H groups in total. The van der Waals surface area contributed by atoms with Crippen LogP contribution in [0, 0.1) is 6.92 Å². The largest absolute Gasteiger partial charge is 0.486 e. The number of thioether (sulfide) groups is 1. The number of aryl methyl sites for hydroxylation is 1. The van der Waals surface area contributed by atoms with Gasteiger partial charge >= 0.3 is 0 Å². The normalized spacial score (nSPS) is 10.9. The monoisotopic (exact) mass is 437 g/mol. The molecule has 0 fully saturated rings. The number of rotatable bonds is 6. The van der Waals surface area contributed by atoms with E-state index >= 15 is 0 Å². The number of hydrogen-bond acceptors (Lipinski definition) is 4. The Hall–Kier alpha value is -1.50. The van der Waals surface area contributed by atoms with Crippen molar-refractivity contribution in [2.75, 3.05) is 0 Å². The van der Waals surface area contributed by atoms with Crippen molar-refractivity contribution in [1.29, 1.82) is 0 Å². The van der Waals surface area contributed by atoms with Crippen LogP contribution in [0.3, 0.4) is 0 Å². The van der Waals surface area contributed by atoms with Crippen molar-refractivity contribution in [2.45, 2.75) is 24.4 Å². The van der Waals surface area contributed by atoms with E-state index in [2.05, 4.69) is 38.3 Å². The average molecular weight is 439 g/mol. The Morgan fingerprint density at radius 1 is 1.16 bits per heavy atom. The van der Waals surface area contributed by atoms with Gasteiger partial charge in [-0.05, 0) is 48.4 Å². The molecule has 0 saturated carbocycles. The topological polar surface area (TPSA) is 39.9 Å². The number of ether oxygens (including phenoxy) is 1. The third-order valence-electron chi connectivity index (χ3n) is 3.70. The molecular formula is C18H17BrClN3OS. The van der Waals surface area contributed by atoms with Gasteiger partial charge in [-0.15, -0.1) is 10.2 Å². The van der Waals surface area contributed by atoms with Crippen molar-refractivity contribution < 1.29 is 4.74 Å². The van der Waals surface area contributed by atoms with Crippen molar-refractivity contribution in [2.24, 2.45) is 7.05 Å². The molecular weight excluding hydrogens is 422 g/mol. The Morgan fingerprint density at radius 2 is 1.92 bits per heavy atom. The van der Waals surface area contributed by atoms with Gasteiger partial charge in [0, 0.05) is 22.3 Å². The van der Waals surface area contributed by atoms with Gasteiger partial charge < -0.3 is 9.30 Å². The molecule has 7 heteroatoms. The molecule has 0 bridgehead atoms. The summed E-state index contributed by atoms with van der Waals surface area (Å²) < 4.78 is 8.85. The lowest BCUT2D eigenvalue weighted by molar-refractivity contribution is 0.290. The van der Waals surface area contributed by atoms with E-state index in [1.54, 1.807) is 11.8 Å². The number of nitrogens with zero attached hydrogens (tertiary/aromatic N) is 3. The molecule has 25 heavy (non-hydrogen) atoms. The molecule has 0 atom stereocenters. The first-order valence-electron chi connectivity index (χ1n) is 7.67. The summed E-state index contributed by atoms with van der Waals surface area (Å²) >= 11 is 11.1. The molecule has 3 rings (SSSR count). The van der Waals surface area contributed by atoms with Crippen LogP contribution in [-0.2, 0) is 19.4 Å². The van der Waals surface area contributed by atoms with Crippen molar-refractivity contribution in [3.05, 3.63) is 68.9 Å². The number of hydrogen-bond donors (Lipinski definition) is 0. The highest BCUT2D eigenvalue weighted by molar-refractivity contribution is 9.10. The molecule has 0 unspecified atom stereocenters. The summed E-state index contributed by atoms with van der Waals surface area (Å²) in [7, 11) is 1.95. The van der Waals surface area contributed by atoms with Crippen LogP contribution in [-0.4, -0.2) is 14.8 Å². The fourth-order valence-electron chi connectivity index (χ4n) is 2.18. The highest BCUT2D eigenvalue weighted by Crippen LogP contribution is 2.24. The zero-order chi connectivity index (χ0) is 17.8. The molecule has 0 aliphatic heterocycles. The van der Waals surface area contributed by atoms with Crippen LogP contribution in [0.1, 0.15) is 17.0 Å². The van der Waals surface area contributed by atoms with Gasteiger partial charge in [-0.1, -0.05) is 51.4 Å². The van der Waals surface area contributed by atoms with Crippen LogP contribution in [0.4, 0.5) is 0 Å². The summed E-state index contributed by atoms with van der Waals surface area (Å²) in [4.78, 5) is 0. The molecule has 0 radical (unpaired) electrons. The predicted octanol–water partition coefficient (Wildman–Crippen LogP) is 5.41. The second kappa shape index (κ2) is 8.25. The fraction of sp³-hybridized carbons (Fsp3) is 0.222. The van der Waals surface area contributed by atoms with Crippen LogP contribution < -0.4 is 4.74 Å². The van der Waals surface area contributed by atoms with E-state index < -0.39 is 0 Å². The van der Waals surface area contributed by atoms with Crippen LogP contribution in [0.2, 0.25) is 5.02 Å². The quantitative estimate of drug-likeness (QED) is 0.482. The molecule has 1 aromatic heterocycles. The van der Waals surface area contributed by atoms with Crippen LogP contribution in [0.5, 0.6) is 5.75 Å². The first-order chi connectivity index (χ1) is 12.0. The Balaban J connectivity index is 1.60. The molecule has 1 heterocycles. The predicted molar refractivity (Wildman–Crippen MR) is 105 cm³/mol. The maximum absolute atomic E-state index is 6.03. The molecule has 0 aliphatic carbocycles. The standard InChI is InChI=1S/C18H17BrClN3OS/c1-12-9-15(7-8-16(12)20)24-10-17-21-22-18(23(17)2)25-11-13-3-5-14(19)6-4-13/h3-9H,10-11H2,1-2H3. The lowest BCUT2D eigenvalue weighted by Crippen LogP contribution is -2.04. The number of benzene rings is 2. The highest BCUT2D eigenvalue weighted by Gasteiger charge is 2.10. The molecule has 4 nitrogen and oxygen atoms in total. The van der Waals surface area contributed by atoms with Crippen LogP contribution in [0.25, 0.3) is 0 Å². The Morgan fingerprint density at radius 3 is 2.64 bits per heavy atom. The van der Waals surface area contributed by atoms with Crippen molar-refractivity contribution in [3.63, 3.8) is 0 Å². The minimum atomic E-state index is 0.365. The lowest BCUT2D eigenvalue weighted by atomic mass is 10.2. The SMILES string of the molecule is Cc1cc(OCc2nnc(SCc3ccc(Br)cc3)n2C)ccc1Cl. The first kappa shape index (κ1) is 18.3. The molecule has 130 valence electrons. The van der Waals surface area contributed by atoms with Crippen LogP contribution >= 0.6 is 39.3 Å². The second-order valence-corrected chi connectivity index (χ2v) is 7.84. The van der Waals surface area contributed by atoms with Crippen molar-refractivity contribution >= 4 is 39.3 Å². The molecule has 2 aromatic carbocycles. The smallest absolute Gasteiger partial charge is 0.191 e. The van der Waals surface area contributed by atoms with Gasteiger partial charge in [0.05, 0.1) is 0 Å². The van der Waals surface area contributed by atoms with Gasteiger partial charge in [-0.3, -0.25) is 0 Å². The molecule has 0 saturated heterocycles. The summed E-state index contributed by atoms with van der Waals surface area (Å²) in [5, 5.41) is 10.1. The first-order valence-corrected chi connectivity index (χ1v) is 9.83. The molecule has 0 aliphatic rings. The minimum absolute atomic E-state index is 0.365. The van der Waals surface area contributed by atoms with E-state index in [9.17, 15) is 0 Å². The summed E-state index contributed by atoms with van der Waals surface area (Å²) in [5.74, 6) is 2.40. The molecule has 0 spiro atoms. The molecule has 0 amide bonds. The Bertz CT molecular complexity index is 867. The summed E-state index contributed by atoms with van der Waals surface area (Å²) in [6, 6.07) is 13.9. The highest BCUT2D eigenvalue weighted by atomic mass is 79.9. The summed E-state index contributed by atoms with van der Waals surface area (Å²) in [6.45, 7) is 2.32. The van der Waals surface area contributed by atoms with Gasteiger partial charge in [0.2, 0.25) is 0 Å². The van der Waals surface area contributed by atoms with E-state index in [1.807, 2.05) is 48.9 Å². The fourth-order valence-corrected chi connectivity index (χ4v) is 3.45. The van der Waals surface area contributed by atoms with Gasteiger partial charge in [0.25, 0.3) is 0 Å². The van der Waals surface area contributed by atoms with Gasteiger partial charge in [-0.2, -0.15) is 0 Å². The molecule has 3 aromatic rings. The Kier molecular flexibility index (Phi) is 6.04. The van der Waals surface area contributed by atoms with E-state index in [4.69, 9.17) is 16.3 Å². The van der Waals surface area contributed by atoms with E-state index in [1.165, 1.54) is 5.56 Å². The van der Waals surface area contributed by atoms with Gasteiger partial charge in [-0.25, -0.2) is 0 Å². The summed E-state index contributed by atoms with van der Waals surface area (Å²) in [5.41, 5.74) is 2.23. The average Bonchev–Trinajstić information content (AvgIpc) is 2.95. The second-order valence-electron chi connectivity index (χ2n) is 5.57. The zero-order valence-corrected chi connectivity index (χ0v) is 17.0. The maximum Gasteiger partial charge on any atom is 0.191 e. The Labute approximate surface area is 164 Å². The number of halogens is 2. The zero-order valence-electron chi connectivity index (χ0n) is 13.9. The van der Waals surface area contributed by atoms with Crippen molar-refractivity contribution in [3.8, 4) is 5.75 Å². The van der Waals surface area contributed by atoms with E-state index in [0.29, 0.717) is 6.61 Å². The van der Waals surface area contributed by atoms with Gasteiger partial charge in [0.1, 0.15) is 12.4 Å². The van der Waals surface area contributed by atoms with Gasteiger partial charge in [0.15, 0.2) is 11.0 Å². The third-order valence-corrected chi connectivity index (χ3v) is 5.75. The maximum atomic E-state index is 6.03. The summed E-state index contributed by atoms with van der Waals surface area (Å²) in [6.07, 6.45) is 0. The van der Waals surface area contributed by atoms with Crippen LogP contribution in [0.15, 0.2) is 52.1 Å². The van der Waals surface area contributed by atoms with E-state index in [0.717, 1.165) is 37.5 Å². The van der Waals surface area contributed by atoms with E-state index in [-0.39, 0.29) is 0 Å². The number of aromatic nitrogens is 3. The lowest BCUT2D eigenvalue weighted by Gasteiger charge is -2.08.